The van der Waals surface area contributed by atoms with Crippen molar-refractivity contribution < 1.29 is 18.5 Å². The first kappa shape index (κ1) is 19.6. The Kier molecular flexibility index (Phi) is 5.58. The Hall–Kier alpha value is -4.15. The number of amides is 1. The summed E-state index contributed by atoms with van der Waals surface area (Å²) in [6, 6.07) is 9.33. The van der Waals surface area contributed by atoms with Crippen LogP contribution in [0.5, 0.6) is 0 Å². The van der Waals surface area contributed by atoms with Crippen LogP contribution in [-0.4, -0.2) is 20.8 Å². The van der Waals surface area contributed by atoms with E-state index >= 15 is 0 Å². The minimum atomic E-state index is -0.958. The average molecular weight is 400 g/mol. The zero-order chi connectivity index (χ0) is 21.0. The highest BCUT2D eigenvalue weighted by Gasteiger charge is 2.24. The van der Waals surface area contributed by atoms with Gasteiger partial charge in [-0.15, -0.1) is 0 Å². The van der Waals surface area contributed by atoms with E-state index in [9.17, 15) is 23.7 Å². The number of benzene rings is 2. The van der Waals surface area contributed by atoms with Crippen molar-refractivity contribution in [3.05, 3.63) is 81.7 Å². The number of carbonyl (C=O) groups excluding carboxylic acids is 1. The summed E-state index contributed by atoms with van der Waals surface area (Å²) < 4.78 is 26.9. The molecule has 9 nitrogen and oxygen atoms in total. The van der Waals surface area contributed by atoms with Gasteiger partial charge in [0.25, 0.3) is 5.91 Å². The van der Waals surface area contributed by atoms with Crippen LogP contribution in [0.4, 0.5) is 31.8 Å². The smallest absolute Gasteiger partial charge is 0.332 e. The molecule has 3 N–H and O–H groups in total. The van der Waals surface area contributed by atoms with Crippen molar-refractivity contribution in [1.82, 2.24) is 15.4 Å². The molecule has 1 aromatic heterocycles. The van der Waals surface area contributed by atoms with Gasteiger partial charge in [0.05, 0.1) is 10.6 Å². The largest absolute Gasteiger partial charge is 0.355 e. The zero-order valence-electron chi connectivity index (χ0n) is 14.9. The van der Waals surface area contributed by atoms with Crippen molar-refractivity contribution in [2.45, 2.75) is 6.92 Å². The fraction of sp³-hybridized carbons (Fsp3) is 0.0556. The molecule has 0 spiro atoms. The molecule has 29 heavy (non-hydrogen) atoms. The van der Waals surface area contributed by atoms with Crippen LogP contribution in [-0.2, 0) is 0 Å². The number of nitrogens with zero attached hydrogens (tertiary/aromatic N) is 3. The van der Waals surface area contributed by atoms with Crippen LogP contribution in [0, 0.1) is 28.7 Å². The maximum atomic E-state index is 13.9. The van der Waals surface area contributed by atoms with Gasteiger partial charge >= 0.3 is 5.69 Å². The van der Waals surface area contributed by atoms with E-state index in [1.807, 2.05) is 6.92 Å². The van der Waals surface area contributed by atoms with Gasteiger partial charge in [0.1, 0.15) is 18.0 Å². The predicted octanol–water partition coefficient (Wildman–Crippen LogP) is 3.47. The number of aromatic nitrogens is 2. The van der Waals surface area contributed by atoms with E-state index in [1.165, 1.54) is 0 Å². The van der Waals surface area contributed by atoms with E-state index in [0.717, 1.165) is 24.0 Å². The number of hydrazine groups is 1. The topological polar surface area (TPSA) is 122 Å². The monoisotopic (exact) mass is 400 g/mol. The molecule has 2 aromatic carbocycles. The molecule has 3 aromatic rings. The summed E-state index contributed by atoms with van der Waals surface area (Å²) in [5.41, 5.74) is 5.11. The molecule has 3 rings (SSSR count). The number of rotatable bonds is 6. The molecule has 0 aliphatic rings. The molecular formula is C18H14F2N6O3. The van der Waals surface area contributed by atoms with Crippen LogP contribution in [0.1, 0.15) is 15.9 Å². The molecule has 148 valence electrons. The second kappa shape index (κ2) is 8.25. The number of anilines is 3. The Bertz CT molecular complexity index is 1080. The maximum absolute atomic E-state index is 13.9. The highest BCUT2D eigenvalue weighted by atomic mass is 19.1. The third-order valence-corrected chi connectivity index (χ3v) is 3.80. The molecule has 0 saturated heterocycles. The molecule has 0 unspecified atom stereocenters. The number of halogens is 2. The van der Waals surface area contributed by atoms with Gasteiger partial charge < -0.3 is 5.32 Å². The number of hydrogen-bond acceptors (Lipinski definition) is 7. The number of nitro groups is 1. The number of hydrogen-bond donors (Lipinski definition) is 3. The van der Waals surface area contributed by atoms with Gasteiger partial charge in [-0.1, -0.05) is 17.7 Å². The SMILES string of the molecule is Cc1ccc(C(=O)NNc2ncnc(Nc3ccc(F)cc3F)c2[N+](=O)[O-])cc1. The first-order chi connectivity index (χ1) is 13.8. The van der Waals surface area contributed by atoms with Crippen molar-refractivity contribution in [2.24, 2.45) is 0 Å². The van der Waals surface area contributed by atoms with Crippen LogP contribution in [0.3, 0.4) is 0 Å². The van der Waals surface area contributed by atoms with Gasteiger partial charge in [0.15, 0.2) is 0 Å². The van der Waals surface area contributed by atoms with Gasteiger partial charge in [-0.05, 0) is 31.2 Å². The van der Waals surface area contributed by atoms with E-state index in [4.69, 9.17) is 0 Å². The third kappa shape index (κ3) is 4.58. The zero-order valence-corrected chi connectivity index (χ0v) is 14.9. The summed E-state index contributed by atoms with van der Waals surface area (Å²) in [5.74, 6) is -2.97. The van der Waals surface area contributed by atoms with E-state index in [1.54, 1.807) is 24.3 Å². The lowest BCUT2D eigenvalue weighted by molar-refractivity contribution is -0.383. The Morgan fingerprint density at radius 1 is 1.07 bits per heavy atom. The number of carbonyl (C=O) groups is 1. The summed E-state index contributed by atoms with van der Waals surface area (Å²) in [5, 5.41) is 13.9. The van der Waals surface area contributed by atoms with E-state index in [-0.39, 0.29) is 17.3 Å². The highest BCUT2D eigenvalue weighted by Crippen LogP contribution is 2.31. The molecule has 0 aliphatic heterocycles. The summed E-state index contributed by atoms with van der Waals surface area (Å²) >= 11 is 0. The normalized spacial score (nSPS) is 10.3. The molecule has 0 fully saturated rings. The summed E-state index contributed by atoms with van der Waals surface area (Å²) in [6.07, 6.45) is 0.983. The number of nitrogens with one attached hydrogen (secondary N) is 3. The molecule has 11 heteroatoms. The molecule has 0 atom stereocenters. The van der Waals surface area contributed by atoms with Gasteiger partial charge in [0.2, 0.25) is 11.6 Å². The summed E-state index contributed by atoms with van der Waals surface area (Å²) in [7, 11) is 0. The van der Waals surface area contributed by atoms with E-state index < -0.39 is 28.2 Å². The lowest BCUT2D eigenvalue weighted by Crippen LogP contribution is -2.30. The van der Waals surface area contributed by atoms with Crippen LogP contribution in [0.2, 0.25) is 0 Å². The fourth-order valence-corrected chi connectivity index (χ4v) is 2.35. The first-order valence-corrected chi connectivity index (χ1v) is 8.19. The Morgan fingerprint density at radius 2 is 1.76 bits per heavy atom. The molecule has 1 amide bonds. The molecule has 0 bridgehead atoms. The summed E-state index contributed by atoms with van der Waals surface area (Å²) in [4.78, 5) is 30.4. The first-order valence-electron chi connectivity index (χ1n) is 8.19. The molecule has 0 aliphatic carbocycles. The van der Waals surface area contributed by atoms with E-state index in [0.29, 0.717) is 11.6 Å². The molecule has 1 heterocycles. The Labute approximate surface area is 162 Å². The second-order valence-corrected chi connectivity index (χ2v) is 5.87. The summed E-state index contributed by atoms with van der Waals surface area (Å²) in [6.45, 7) is 1.86. The fourth-order valence-electron chi connectivity index (χ4n) is 2.35. The molecular weight excluding hydrogens is 386 g/mol. The average Bonchev–Trinajstić information content (AvgIpc) is 2.68. The Morgan fingerprint density at radius 3 is 2.41 bits per heavy atom. The Balaban J connectivity index is 1.83. The van der Waals surface area contributed by atoms with Gasteiger partial charge in [-0.3, -0.25) is 25.8 Å². The second-order valence-electron chi connectivity index (χ2n) is 5.87. The van der Waals surface area contributed by atoms with Gasteiger partial charge in [0, 0.05) is 11.6 Å². The van der Waals surface area contributed by atoms with E-state index in [2.05, 4.69) is 26.1 Å². The minimum Gasteiger partial charge on any atom is -0.332 e. The van der Waals surface area contributed by atoms with Crippen molar-refractivity contribution in [3.63, 3.8) is 0 Å². The molecule has 0 saturated carbocycles. The third-order valence-electron chi connectivity index (χ3n) is 3.80. The standard InChI is InChI=1S/C18H14F2N6O3/c1-10-2-4-11(5-3-10)18(27)25-24-17-15(26(28)29)16(21-9-22-17)23-14-7-6-12(19)8-13(14)20/h2-9H,1H3,(H,25,27)(H2,21,22,23,24). The minimum absolute atomic E-state index is 0.220. The number of aryl methyl sites for hydroxylation is 1. The lowest BCUT2D eigenvalue weighted by atomic mass is 10.1. The van der Waals surface area contributed by atoms with Crippen LogP contribution < -0.4 is 16.2 Å². The van der Waals surface area contributed by atoms with Crippen LogP contribution in [0.15, 0.2) is 48.8 Å². The van der Waals surface area contributed by atoms with Gasteiger partial charge in [-0.2, -0.15) is 0 Å². The molecule has 0 radical (unpaired) electrons. The van der Waals surface area contributed by atoms with Crippen LogP contribution in [0.25, 0.3) is 0 Å². The van der Waals surface area contributed by atoms with Crippen molar-refractivity contribution in [2.75, 3.05) is 10.7 Å². The lowest BCUT2D eigenvalue weighted by Gasteiger charge is -2.11. The quantitative estimate of drug-likeness (QED) is 0.428. The van der Waals surface area contributed by atoms with Crippen molar-refractivity contribution in [3.8, 4) is 0 Å². The van der Waals surface area contributed by atoms with Gasteiger partial charge in [-0.25, -0.2) is 18.7 Å². The predicted molar refractivity (Wildman–Crippen MR) is 101 cm³/mol. The maximum Gasteiger partial charge on any atom is 0.355 e. The highest BCUT2D eigenvalue weighted by molar-refractivity contribution is 5.95. The van der Waals surface area contributed by atoms with Crippen molar-refractivity contribution in [1.29, 1.82) is 0 Å². The van der Waals surface area contributed by atoms with Crippen LogP contribution >= 0.6 is 0 Å². The van der Waals surface area contributed by atoms with Crippen molar-refractivity contribution >= 4 is 28.9 Å².